The minimum Gasteiger partial charge on any atom is -0.394 e. The van der Waals surface area contributed by atoms with Crippen LogP contribution in [0.2, 0.25) is 0 Å². The molecule has 1 atom stereocenters. The van der Waals surface area contributed by atoms with Gasteiger partial charge in [0, 0.05) is 31.6 Å². The van der Waals surface area contributed by atoms with E-state index in [9.17, 15) is 9.90 Å². The number of ketones is 1. The first-order valence-electron chi connectivity index (χ1n) is 7.09. The number of rotatable bonds is 5. The molecule has 0 aliphatic carbocycles. The number of carbonyl (C=O) groups excluding carboxylic acids is 1. The van der Waals surface area contributed by atoms with Crippen LogP contribution in [0, 0.1) is 0 Å². The maximum absolute atomic E-state index is 12.1. The molecule has 1 unspecified atom stereocenters. The fourth-order valence-electron chi connectivity index (χ4n) is 2.71. The molecule has 1 saturated heterocycles. The van der Waals surface area contributed by atoms with Gasteiger partial charge < -0.3 is 9.84 Å². The minimum absolute atomic E-state index is 0.0204. The summed E-state index contributed by atoms with van der Waals surface area (Å²) >= 11 is 0. The average Bonchev–Trinajstić information content (AvgIpc) is 2.44. The molecule has 110 valence electrons. The van der Waals surface area contributed by atoms with Gasteiger partial charge in [-0.05, 0) is 13.8 Å². The zero-order chi connectivity index (χ0) is 14.6. The van der Waals surface area contributed by atoms with Gasteiger partial charge in [-0.2, -0.15) is 0 Å². The molecule has 2 rings (SSSR count). The molecule has 0 bridgehead atoms. The number of hydrogen-bond donors (Lipinski definition) is 1. The van der Waals surface area contributed by atoms with E-state index >= 15 is 0 Å². The van der Waals surface area contributed by atoms with E-state index in [1.54, 1.807) is 0 Å². The molecule has 1 aromatic carbocycles. The highest BCUT2D eigenvalue weighted by Gasteiger charge is 2.32. The second-order valence-corrected chi connectivity index (χ2v) is 5.96. The number of carbonyl (C=O) groups is 1. The summed E-state index contributed by atoms with van der Waals surface area (Å²) in [5.74, 6) is 0.162. The largest absolute Gasteiger partial charge is 0.394 e. The van der Waals surface area contributed by atoms with Crippen molar-refractivity contribution in [2.45, 2.75) is 32.0 Å². The van der Waals surface area contributed by atoms with Crippen molar-refractivity contribution in [1.82, 2.24) is 4.90 Å². The third-order valence-corrected chi connectivity index (χ3v) is 3.51. The van der Waals surface area contributed by atoms with Gasteiger partial charge in [0.2, 0.25) is 0 Å². The van der Waals surface area contributed by atoms with Gasteiger partial charge in [0.25, 0.3) is 0 Å². The summed E-state index contributed by atoms with van der Waals surface area (Å²) in [6.07, 6.45) is 0.337. The Morgan fingerprint density at radius 3 is 2.75 bits per heavy atom. The summed E-state index contributed by atoms with van der Waals surface area (Å²) in [7, 11) is 0. The third kappa shape index (κ3) is 4.13. The highest BCUT2D eigenvalue weighted by Crippen LogP contribution is 2.21. The van der Waals surface area contributed by atoms with Gasteiger partial charge in [0.15, 0.2) is 5.78 Å². The summed E-state index contributed by atoms with van der Waals surface area (Å²) in [5.41, 5.74) is 0.486. The predicted molar refractivity (Wildman–Crippen MR) is 77.9 cm³/mol. The maximum Gasteiger partial charge on any atom is 0.164 e. The molecule has 20 heavy (non-hydrogen) atoms. The average molecular weight is 277 g/mol. The number of benzene rings is 1. The Morgan fingerprint density at radius 2 is 2.10 bits per heavy atom. The predicted octanol–water partition coefficient (Wildman–Crippen LogP) is 1.73. The number of morpholine rings is 1. The number of nitrogens with zero attached hydrogens (tertiary/aromatic N) is 1. The summed E-state index contributed by atoms with van der Waals surface area (Å²) in [5, 5.41) is 9.28. The van der Waals surface area contributed by atoms with Crippen molar-refractivity contribution in [3.8, 4) is 0 Å². The van der Waals surface area contributed by atoms with E-state index in [4.69, 9.17) is 4.74 Å². The van der Waals surface area contributed by atoms with Crippen LogP contribution in [0.15, 0.2) is 30.3 Å². The van der Waals surface area contributed by atoms with Gasteiger partial charge in [0.1, 0.15) is 0 Å². The topological polar surface area (TPSA) is 49.8 Å². The molecule has 4 nitrogen and oxygen atoms in total. The molecule has 0 amide bonds. The summed E-state index contributed by atoms with van der Waals surface area (Å²) in [4.78, 5) is 14.3. The molecule has 1 aromatic rings. The van der Waals surface area contributed by atoms with Gasteiger partial charge in [-0.25, -0.2) is 0 Å². The second kappa shape index (κ2) is 6.48. The Hall–Kier alpha value is -1.23. The van der Waals surface area contributed by atoms with E-state index in [2.05, 4.69) is 4.90 Å². The van der Waals surface area contributed by atoms with Crippen LogP contribution in [0.3, 0.4) is 0 Å². The van der Waals surface area contributed by atoms with Crippen molar-refractivity contribution >= 4 is 5.78 Å². The fourth-order valence-corrected chi connectivity index (χ4v) is 2.71. The number of ether oxygens (including phenoxy) is 1. The third-order valence-electron chi connectivity index (χ3n) is 3.51. The van der Waals surface area contributed by atoms with Crippen molar-refractivity contribution < 1.29 is 14.6 Å². The van der Waals surface area contributed by atoms with Crippen molar-refractivity contribution in [1.29, 1.82) is 0 Å². The number of aliphatic hydroxyl groups is 1. The quantitative estimate of drug-likeness (QED) is 0.833. The first-order chi connectivity index (χ1) is 9.50. The minimum atomic E-state index is -0.276. The lowest BCUT2D eigenvalue weighted by Crippen LogP contribution is -2.54. The summed E-state index contributed by atoms with van der Waals surface area (Å²) < 4.78 is 5.77. The van der Waals surface area contributed by atoms with Crippen LogP contribution in [0.1, 0.15) is 30.6 Å². The first-order valence-corrected chi connectivity index (χ1v) is 7.09. The maximum atomic E-state index is 12.1. The zero-order valence-electron chi connectivity index (χ0n) is 12.2. The van der Waals surface area contributed by atoms with E-state index in [1.807, 2.05) is 44.2 Å². The molecule has 1 fully saturated rings. The molecule has 4 heteroatoms. The van der Waals surface area contributed by atoms with Gasteiger partial charge in [-0.1, -0.05) is 30.3 Å². The van der Waals surface area contributed by atoms with Crippen LogP contribution >= 0.6 is 0 Å². The van der Waals surface area contributed by atoms with E-state index in [1.165, 1.54) is 0 Å². The van der Waals surface area contributed by atoms with Crippen LogP contribution < -0.4 is 0 Å². The molecule has 0 radical (unpaired) electrons. The molecule has 0 saturated carbocycles. The summed E-state index contributed by atoms with van der Waals surface area (Å²) in [6, 6.07) is 9.37. The molecular formula is C16H23NO3. The monoisotopic (exact) mass is 277 g/mol. The van der Waals surface area contributed by atoms with Crippen molar-refractivity contribution in [3.63, 3.8) is 0 Å². The van der Waals surface area contributed by atoms with Crippen molar-refractivity contribution in [2.75, 3.05) is 26.2 Å². The van der Waals surface area contributed by atoms with E-state index < -0.39 is 0 Å². The highest BCUT2D eigenvalue weighted by molar-refractivity contribution is 5.96. The smallest absolute Gasteiger partial charge is 0.164 e. The van der Waals surface area contributed by atoms with Crippen molar-refractivity contribution in [2.24, 2.45) is 0 Å². The number of aliphatic hydroxyl groups excluding tert-OH is 1. The molecule has 1 heterocycles. The molecular weight excluding hydrogens is 254 g/mol. The van der Waals surface area contributed by atoms with Crippen molar-refractivity contribution in [3.05, 3.63) is 35.9 Å². The lowest BCUT2D eigenvalue weighted by molar-refractivity contribution is -0.148. The Morgan fingerprint density at radius 1 is 1.40 bits per heavy atom. The Bertz CT molecular complexity index is 444. The standard InChI is InChI=1S/C16H23NO3/c1-16(2)12-17(10-14(11-18)20-16)9-8-15(19)13-6-4-3-5-7-13/h3-7,14,18H,8-12H2,1-2H3. The number of Topliss-reactive ketones (excluding diaryl/α,β-unsaturated/α-hetero) is 1. The van der Waals surface area contributed by atoms with Gasteiger partial charge in [-0.3, -0.25) is 9.69 Å². The van der Waals surface area contributed by atoms with Crippen LogP contribution in [0.25, 0.3) is 0 Å². The molecule has 1 aliphatic heterocycles. The highest BCUT2D eigenvalue weighted by atomic mass is 16.5. The van der Waals surface area contributed by atoms with Crippen LogP contribution in [-0.4, -0.2) is 53.7 Å². The van der Waals surface area contributed by atoms with Crippen LogP contribution in [0.4, 0.5) is 0 Å². The SMILES string of the molecule is CC1(C)CN(CCC(=O)c2ccccc2)CC(CO)O1. The van der Waals surface area contributed by atoms with Gasteiger partial charge >= 0.3 is 0 Å². The van der Waals surface area contributed by atoms with E-state index in [0.29, 0.717) is 19.5 Å². The van der Waals surface area contributed by atoms with Gasteiger partial charge in [0.05, 0.1) is 18.3 Å². The molecule has 1 N–H and O–H groups in total. The van der Waals surface area contributed by atoms with E-state index in [-0.39, 0.29) is 24.1 Å². The van der Waals surface area contributed by atoms with Gasteiger partial charge in [-0.15, -0.1) is 0 Å². The molecule has 0 aromatic heterocycles. The lowest BCUT2D eigenvalue weighted by atomic mass is 10.0. The zero-order valence-corrected chi connectivity index (χ0v) is 12.2. The van der Waals surface area contributed by atoms with Crippen LogP contribution in [0.5, 0.6) is 0 Å². The summed E-state index contributed by atoms with van der Waals surface area (Å²) in [6.45, 7) is 6.22. The fraction of sp³-hybridized carbons (Fsp3) is 0.562. The second-order valence-electron chi connectivity index (χ2n) is 5.96. The normalized spacial score (nSPS) is 22.6. The van der Waals surface area contributed by atoms with E-state index in [0.717, 1.165) is 12.1 Å². The van der Waals surface area contributed by atoms with Crippen LogP contribution in [-0.2, 0) is 4.74 Å². The molecule has 0 spiro atoms. The molecule has 1 aliphatic rings. The first kappa shape index (κ1) is 15.2. The number of hydrogen-bond acceptors (Lipinski definition) is 4. The Labute approximate surface area is 120 Å². The Kier molecular flexibility index (Phi) is 4.91. The lowest BCUT2D eigenvalue weighted by Gasteiger charge is -2.42. The Balaban J connectivity index is 1.88.